The second-order valence-corrected chi connectivity index (χ2v) is 5.58. The van der Waals surface area contributed by atoms with Crippen molar-refractivity contribution in [2.45, 2.75) is 19.8 Å². The van der Waals surface area contributed by atoms with Crippen molar-refractivity contribution >= 4 is 27.5 Å². The lowest BCUT2D eigenvalue weighted by molar-refractivity contribution is -0.116. The Hall–Kier alpha value is -1.62. The fraction of sp³-hybridized carbons (Fsp3) is 0.286. The first kappa shape index (κ1) is 12.4. The van der Waals surface area contributed by atoms with E-state index in [0.29, 0.717) is 6.42 Å². The van der Waals surface area contributed by atoms with Gasteiger partial charge in [0.2, 0.25) is 5.91 Å². The van der Waals surface area contributed by atoms with Crippen molar-refractivity contribution in [1.29, 1.82) is 0 Å². The summed E-state index contributed by atoms with van der Waals surface area (Å²) in [5.74, 6) is 0.0952. The van der Waals surface area contributed by atoms with Crippen molar-refractivity contribution < 1.29 is 4.79 Å². The smallest absolute Gasteiger partial charge is 0.224 e. The molecule has 19 heavy (non-hydrogen) atoms. The molecular weight excluding hydrogens is 306 g/mol. The summed E-state index contributed by atoms with van der Waals surface area (Å²) >= 11 is 3.59. The van der Waals surface area contributed by atoms with Crippen LogP contribution < -0.4 is 5.32 Å². The van der Waals surface area contributed by atoms with E-state index in [4.69, 9.17) is 0 Å². The van der Waals surface area contributed by atoms with Crippen LogP contribution in [0.1, 0.15) is 17.7 Å². The second-order valence-electron chi connectivity index (χ2n) is 4.79. The predicted octanol–water partition coefficient (Wildman–Crippen LogP) is 3.04. The molecule has 0 spiro atoms. The van der Waals surface area contributed by atoms with Crippen molar-refractivity contribution in [2.24, 2.45) is 7.05 Å². The Balaban J connectivity index is 2.10. The zero-order valence-corrected chi connectivity index (χ0v) is 12.4. The van der Waals surface area contributed by atoms with Gasteiger partial charge < -0.3 is 5.32 Å². The fourth-order valence-electron chi connectivity index (χ4n) is 2.48. The lowest BCUT2D eigenvalue weighted by atomic mass is 9.99. The van der Waals surface area contributed by atoms with Gasteiger partial charge in [0.1, 0.15) is 0 Å². The van der Waals surface area contributed by atoms with Crippen LogP contribution in [0.3, 0.4) is 0 Å². The average molecular weight is 320 g/mol. The monoisotopic (exact) mass is 319 g/mol. The number of aromatic nitrogens is 2. The zero-order valence-electron chi connectivity index (χ0n) is 10.8. The number of anilines is 1. The third-order valence-electron chi connectivity index (χ3n) is 3.42. The molecule has 0 saturated heterocycles. The first-order chi connectivity index (χ1) is 9.06. The highest BCUT2D eigenvalue weighted by molar-refractivity contribution is 9.10. The Bertz CT molecular complexity index is 676. The van der Waals surface area contributed by atoms with Crippen LogP contribution in [-0.4, -0.2) is 15.7 Å². The van der Waals surface area contributed by atoms with Gasteiger partial charge in [-0.25, -0.2) is 0 Å². The molecule has 0 unspecified atom stereocenters. The minimum atomic E-state index is 0.0952. The highest BCUT2D eigenvalue weighted by atomic mass is 79.9. The van der Waals surface area contributed by atoms with Crippen molar-refractivity contribution in [3.63, 3.8) is 0 Å². The number of fused-ring (bicyclic) bond motifs is 1. The molecule has 1 aliphatic rings. The Morgan fingerprint density at radius 1 is 1.37 bits per heavy atom. The molecule has 0 fully saturated rings. The van der Waals surface area contributed by atoms with Crippen LogP contribution in [0.15, 0.2) is 22.7 Å². The van der Waals surface area contributed by atoms with Crippen LogP contribution in [0.25, 0.3) is 11.3 Å². The Kier molecular flexibility index (Phi) is 2.93. The number of hydrogen-bond acceptors (Lipinski definition) is 2. The number of hydrogen-bond donors (Lipinski definition) is 1. The van der Waals surface area contributed by atoms with Crippen molar-refractivity contribution in [3.05, 3.63) is 33.9 Å². The minimum Gasteiger partial charge on any atom is -0.326 e. The summed E-state index contributed by atoms with van der Waals surface area (Å²) in [5.41, 5.74) is 5.27. The molecule has 0 atom stereocenters. The van der Waals surface area contributed by atoms with Gasteiger partial charge >= 0.3 is 0 Å². The van der Waals surface area contributed by atoms with Gasteiger partial charge in [-0.15, -0.1) is 0 Å². The molecule has 2 aromatic rings. The molecule has 1 aliphatic heterocycles. The van der Waals surface area contributed by atoms with Gasteiger partial charge in [-0.2, -0.15) is 5.10 Å². The molecular formula is C14H14BrN3O. The van der Waals surface area contributed by atoms with Crippen molar-refractivity contribution in [2.75, 3.05) is 5.32 Å². The molecule has 4 nitrogen and oxygen atoms in total. The summed E-state index contributed by atoms with van der Waals surface area (Å²) in [7, 11) is 1.94. The topological polar surface area (TPSA) is 46.9 Å². The predicted molar refractivity (Wildman–Crippen MR) is 78.0 cm³/mol. The standard InChI is InChI=1S/C14H14BrN3O/c1-8-13(15)14(18(2)17-8)10-3-5-11-9(7-10)4-6-12(19)16-11/h3,5,7H,4,6H2,1-2H3,(H,16,19). The van der Waals surface area contributed by atoms with E-state index in [1.165, 1.54) is 5.56 Å². The summed E-state index contributed by atoms with van der Waals surface area (Å²) in [5, 5.41) is 7.31. The number of nitrogens with zero attached hydrogens (tertiary/aromatic N) is 2. The average Bonchev–Trinajstić information content (AvgIpc) is 2.63. The first-order valence-corrected chi connectivity index (χ1v) is 6.98. The number of halogens is 1. The van der Waals surface area contributed by atoms with E-state index in [-0.39, 0.29) is 5.91 Å². The Morgan fingerprint density at radius 3 is 2.84 bits per heavy atom. The molecule has 1 aromatic carbocycles. The molecule has 0 aliphatic carbocycles. The van der Waals surface area contributed by atoms with Gasteiger partial charge in [0.15, 0.2) is 0 Å². The Labute approximate surface area is 119 Å². The Morgan fingerprint density at radius 2 is 2.16 bits per heavy atom. The fourth-order valence-corrected chi connectivity index (χ4v) is 3.04. The van der Waals surface area contributed by atoms with Crippen LogP contribution in [0.5, 0.6) is 0 Å². The first-order valence-electron chi connectivity index (χ1n) is 6.18. The third kappa shape index (κ3) is 2.08. The molecule has 2 heterocycles. The maximum Gasteiger partial charge on any atom is 0.224 e. The second kappa shape index (κ2) is 4.49. The number of rotatable bonds is 1. The molecule has 1 aromatic heterocycles. The summed E-state index contributed by atoms with van der Waals surface area (Å²) in [6, 6.07) is 6.12. The molecule has 0 bridgehead atoms. The highest BCUT2D eigenvalue weighted by Gasteiger charge is 2.18. The maximum absolute atomic E-state index is 11.4. The summed E-state index contributed by atoms with van der Waals surface area (Å²) in [6.45, 7) is 1.98. The van der Waals surface area contributed by atoms with Gasteiger partial charge in [-0.3, -0.25) is 9.48 Å². The van der Waals surface area contributed by atoms with Crippen LogP contribution >= 0.6 is 15.9 Å². The number of nitrogens with one attached hydrogen (secondary N) is 1. The summed E-state index contributed by atoms with van der Waals surface area (Å²) in [6.07, 6.45) is 1.35. The van der Waals surface area contributed by atoms with Gasteiger partial charge in [0.25, 0.3) is 0 Å². The van der Waals surface area contributed by atoms with Crippen LogP contribution in [0.4, 0.5) is 5.69 Å². The van der Waals surface area contributed by atoms with E-state index in [1.54, 1.807) is 0 Å². The highest BCUT2D eigenvalue weighted by Crippen LogP contribution is 2.33. The van der Waals surface area contributed by atoms with Crippen LogP contribution in [-0.2, 0) is 18.3 Å². The molecule has 3 rings (SSSR count). The number of carbonyl (C=O) groups excluding carboxylic acids is 1. The van der Waals surface area contributed by atoms with E-state index >= 15 is 0 Å². The molecule has 1 amide bonds. The number of aryl methyl sites for hydroxylation is 3. The van der Waals surface area contributed by atoms with Crippen molar-refractivity contribution in [3.8, 4) is 11.3 Å². The number of amides is 1. The van der Waals surface area contributed by atoms with Crippen molar-refractivity contribution in [1.82, 2.24) is 9.78 Å². The van der Waals surface area contributed by atoms with E-state index in [9.17, 15) is 4.79 Å². The molecule has 0 saturated carbocycles. The van der Waals surface area contributed by atoms with Gasteiger partial charge in [0.05, 0.1) is 15.9 Å². The zero-order chi connectivity index (χ0) is 13.6. The van der Waals surface area contributed by atoms with Gasteiger partial charge in [-0.1, -0.05) is 6.07 Å². The van der Waals surface area contributed by atoms with Crippen LogP contribution in [0.2, 0.25) is 0 Å². The third-order valence-corrected chi connectivity index (χ3v) is 4.37. The van der Waals surface area contributed by atoms with E-state index < -0.39 is 0 Å². The van der Waals surface area contributed by atoms with Crippen LogP contribution in [0, 0.1) is 6.92 Å². The van der Waals surface area contributed by atoms with E-state index in [1.807, 2.05) is 30.8 Å². The van der Waals surface area contributed by atoms with Gasteiger partial charge in [-0.05, 0) is 47.0 Å². The van der Waals surface area contributed by atoms with E-state index in [2.05, 4.69) is 32.4 Å². The number of carbonyl (C=O) groups is 1. The lowest BCUT2D eigenvalue weighted by Gasteiger charge is -2.17. The maximum atomic E-state index is 11.4. The normalized spacial score (nSPS) is 14.2. The van der Waals surface area contributed by atoms with E-state index in [0.717, 1.165) is 33.5 Å². The quantitative estimate of drug-likeness (QED) is 0.878. The summed E-state index contributed by atoms with van der Waals surface area (Å²) in [4.78, 5) is 11.4. The SMILES string of the molecule is Cc1nn(C)c(-c2ccc3c(c2)CCC(=O)N3)c1Br. The lowest BCUT2D eigenvalue weighted by Crippen LogP contribution is -2.18. The minimum absolute atomic E-state index is 0.0952. The molecule has 0 radical (unpaired) electrons. The molecule has 98 valence electrons. The number of benzene rings is 1. The summed E-state index contributed by atoms with van der Waals surface area (Å²) < 4.78 is 2.90. The van der Waals surface area contributed by atoms with Gasteiger partial charge in [0, 0.05) is 24.7 Å². The molecule has 1 N–H and O–H groups in total. The largest absolute Gasteiger partial charge is 0.326 e. The molecule has 5 heteroatoms.